The topological polar surface area (TPSA) is 75.9 Å². The van der Waals surface area contributed by atoms with Crippen LogP contribution in [0, 0.1) is 0 Å². The lowest BCUT2D eigenvalue weighted by molar-refractivity contribution is -0.132. The van der Waals surface area contributed by atoms with E-state index in [9.17, 15) is 18.4 Å². The van der Waals surface area contributed by atoms with Crippen LogP contribution in [0.4, 0.5) is 8.78 Å². The van der Waals surface area contributed by atoms with Crippen LogP contribution in [-0.4, -0.2) is 60.9 Å². The third kappa shape index (κ3) is 6.46. The molecule has 0 spiro atoms. The number of hydrogen-bond donors (Lipinski definition) is 1. The Labute approximate surface area is 158 Å². The van der Waals surface area contributed by atoms with Gasteiger partial charge in [-0.15, -0.1) is 0 Å². The number of alkyl halides is 2. The van der Waals surface area contributed by atoms with Crippen LogP contribution in [-0.2, 0) is 4.79 Å². The van der Waals surface area contributed by atoms with E-state index < -0.39 is 6.61 Å². The lowest BCUT2D eigenvalue weighted by Crippen LogP contribution is -2.50. The maximum Gasteiger partial charge on any atom is 0.387 e. The van der Waals surface area contributed by atoms with Gasteiger partial charge in [0.15, 0.2) is 0 Å². The summed E-state index contributed by atoms with van der Waals surface area (Å²) in [7, 11) is 0. The minimum Gasteiger partial charge on any atom is -0.434 e. The fourth-order valence-corrected chi connectivity index (χ4v) is 3.10. The predicted molar refractivity (Wildman–Crippen MR) is 97.7 cm³/mol. The molecule has 1 heterocycles. The van der Waals surface area contributed by atoms with Crippen LogP contribution in [0.15, 0.2) is 24.3 Å². The van der Waals surface area contributed by atoms with Gasteiger partial charge in [0.1, 0.15) is 5.75 Å². The molecule has 0 aliphatic carbocycles. The van der Waals surface area contributed by atoms with E-state index in [0.29, 0.717) is 39.1 Å². The molecular formula is C19H27F2N3O3. The lowest BCUT2D eigenvalue weighted by Gasteiger charge is -2.35. The molecule has 1 aliphatic heterocycles. The minimum absolute atomic E-state index is 0.0938. The van der Waals surface area contributed by atoms with Gasteiger partial charge < -0.3 is 20.3 Å². The first-order valence-corrected chi connectivity index (χ1v) is 9.34. The van der Waals surface area contributed by atoms with Crippen LogP contribution in [0.25, 0.3) is 0 Å². The Balaban J connectivity index is 1.83. The van der Waals surface area contributed by atoms with Crippen LogP contribution in [0.2, 0.25) is 0 Å². The molecule has 0 unspecified atom stereocenters. The lowest BCUT2D eigenvalue weighted by atomic mass is 10.1. The molecular weight excluding hydrogens is 356 g/mol. The predicted octanol–water partition coefficient (Wildman–Crippen LogP) is 2.48. The number of para-hydroxylation sites is 1. The molecule has 2 amide bonds. The van der Waals surface area contributed by atoms with Gasteiger partial charge in [0.25, 0.3) is 5.91 Å². The van der Waals surface area contributed by atoms with E-state index in [-0.39, 0.29) is 23.1 Å². The molecule has 0 atom stereocenters. The fraction of sp³-hybridized carbons (Fsp3) is 0.579. The molecule has 8 heteroatoms. The number of nitrogens with two attached hydrogens (primary N) is 1. The molecule has 0 radical (unpaired) electrons. The molecule has 1 aromatic carbocycles. The van der Waals surface area contributed by atoms with Crippen molar-refractivity contribution < 1.29 is 23.1 Å². The first-order valence-electron chi connectivity index (χ1n) is 9.34. The first kappa shape index (κ1) is 21.1. The van der Waals surface area contributed by atoms with Crippen molar-refractivity contribution in [2.24, 2.45) is 5.73 Å². The van der Waals surface area contributed by atoms with Crippen LogP contribution >= 0.6 is 0 Å². The zero-order valence-electron chi connectivity index (χ0n) is 15.4. The van der Waals surface area contributed by atoms with Crippen molar-refractivity contribution in [2.75, 3.05) is 32.7 Å². The van der Waals surface area contributed by atoms with Gasteiger partial charge in [-0.3, -0.25) is 9.59 Å². The molecule has 2 rings (SSSR count). The van der Waals surface area contributed by atoms with Gasteiger partial charge in [-0.1, -0.05) is 25.0 Å². The van der Waals surface area contributed by atoms with E-state index in [0.717, 1.165) is 25.7 Å². The molecule has 27 heavy (non-hydrogen) atoms. The van der Waals surface area contributed by atoms with Crippen molar-refractivity contribution in [3.63, 3.8) is 0 Å². The summed E-state index contributed by atoms with van der Waals surface area (Å²) in [5.74, 6) is -0.398. The Hall–Kier alpha value is -2.22. The molecule has 1 fully saturated rings. The molecule has 150 valence electrons. The van der Waals surface area contributed by atoms with Gasteiger partial charge in [-0.05, 0) is 31.5 Å². The molecule has 1 saturated heterocycles. The number of benzene rings is 1. The average molecular weight is 383 g/mol. The van der Waals surface area contributed by atoms with E-state index in [2.05, 4.69) is 4.74 Å². The van der Waals surface area contributed by atoms with Gasteiger partial charge in [0, 0.05) is 32.6 Å². The molecule has 1 aromatic rings. The largest absolute Gasteiger partial charge is 0.434 e. The first-order chi connectivity index (χ1) is 13.0. The third-order valence-corrected chi connectivity index (χ3v) is 4.60. The Kier molecular flexibility index (Phi) is 8.44. The highest BCUT2D eigenvalue weighted by Gasteiger charge is 2.26. The van der Waals surface area contributed by atoms with Gasteiger partial charge in [-0.25, -0.2) is 0 Å². The molecule has 0 aromatic heterocycles. The van der Waals surface area contributed by atoms with E-state index >= 15 is 0 Å². The number of hydrogen-bond acceptors (Lipinski definition) is 4. The van der Waals surface area contributed by atoms with E-state index in [1.807, 2.05) is 0 Å². The molecule has 0 saturated carbocycles. The number of nitrogens with zero attached hydrogens (tertiary/aromatic N) is 2. The summed E-state index contributed by atoms with van der Waals surface area (Å²) in [6, 6.07) is 5.97. The van der Waals surface area contributed by atoms with E-state index in [1.54, 1.807) is 21.9 Å². The van der Waals surface area contributed by atoms with Gasteiger partial charge >= 0.3 is 6.61 Å². The number of piperazine rings is 1. The number of halogens is 2. The van der Waals surface area contributed by atoms with Crippen molar-refractivity contribution >= 4 is 11.8 Å². The zero-order valence-corrected chi connectivity index (χ0v) is 15.4. The van der Waals surface area contributed by atoms with Crippen molar-refractivity contribution in [3.8, 4) is 5.75 Å². The number of ether oxygens (including phenoxy) is 1. The Morgan fingerprint density at radius 1 is 1.00 bits per heavy atom. The summed E-state index contributed by atoms with van der Waals surface area (Å²) >= 11 is 0. The summed E-state index contributed by atoms with van der Waals surface area (Å²) < 4.78 is 29.5. The molecule has 6 nitrogen and oxygen atoms in total. The maximum absolute atomic E-state index is 12.6. The Morgan fingerprint density at radius 3 is 2.30 bits per heavy atom. The summed E-state index contributed by atoms with van der Waals surface area (Å²) in [6.07, 6.45) is 4.35. The summed E-state index contributed by atoms with van der Waals surface area (Å²) in [6.45, 7) is -0.661. The third-order valence-electron chi connectivity index (χ3n) is 4.60. The van der Waals surface area contributed by atoms with Gasteiger partial charge in [-0.2, -0.15) is 8.78 Å². The Bertz CT molecular complexity index is 620. The van der Waals surface area contributed by atoms with Crippen LogP contribution in [0.3, 0.4) is 0 Å². The van der Waals surface area contributed by atoms with E-state index in [4.69, 9.17) is 5.73 Å². The summed E-state index contributed by atoms with van der Waals surface area (Å²) in [4.78, 5) is 28.2. The molecule has 2 N–H and O–H groups in total. The maximum atomic E-state index is 12.6. The highest BCUT2D eigenvalue weighted by atomic mass is 19.3. The molecule has 0 bridgehead atoms. The van der Waals surface area contributed by atoms with Crippen LogP contribution < -0.4 is 10.5 Å². The summed E-state index contributed by atoms with van der Waals surface area (Å²) in [5, 5.41) is 0. The monoisotopic (exact) mass is 383 g/mol. The van der Waals surface area contributed by atoms with E-state index in [1.165, 1.54) is 12.1 Å². The van der Waals surface area contributed by atoms with Crippen molar-refractivity contribution in [1.29, 1.82) is 0 Å². The standard InChI is InChI=1S/C19H27F2N3O3/c20-19(21)27-16-8-5-4-7-15(16)18(26)24-13-11-23(12-14-24)17(25)9-3-1-2-6-10-22/h4-5,7-8,19H,1-3,6,9-14,22H2. The number of rotatable bonds is 9. The van der Waals surface area contributed by atoms with Gasteiger partial charge in [0.2, 0.25) is 5.91 Å². The van der Waals surface area contributed by atoms with Crippen LogP contribution in [0.5, 0.6) is 5.75 Å². The fourth-order valence-electron chi connectivity index (χ4n) is 3.10. The second-order valence-corrected chi connectivity index (χ2v) is 6.50. The van der Waals surface area contributed by atoms with Gasteiger partial charge in [0.05, 0.1) is 5.56 Å². The average Bonchev–Trinajstić information content (AvgIpc) is 2.67. The molecule has 1 aliphatic rings. The Morgan fingerprint density at radius 2 is 1.63 bits per heavy atom. The quantitative estimate of drug-likeness (QED) is 0.665. The second-order valence-electron chi connectivity index (χ2n) is 6.50. The number of unbranched alkanes of at least 4 members (excludes halogenated alkanes) is 3. The second kappa shape index (κ2) is 10.8. The van der Waals surface area contributed by atoms with Crippen LogP contribution in [0.1, 0.15) is 42.5 Å². The SMILES string of the molecule is NCCCCCCC(=O)N1CCN(C(=O)c2ccccc2OC(F)F)CC1. The van der Waals surface area contributed by atoms with Crippen molar-refractivity contribution in [1.82, 2.24) is 9.80 Å². The van der Waals surface area contributed by atoms with Crippen molar-refractivity contribution in [2.45, 2.75) is 38.7 Å². The number of carbonyl (C=O) groups excluding carboxylic acids is 2. The number of amides is 2. The normalized spacial score (nSPS) is 14.5. The number of carbonyl (C=O) groups is 2. The summed E-state index contributed by atoms with van der Waals surface area (Å²) in [5.41, 5.74) is 5.56. The van der Waals surface area contributed by atoms with Crippen molar-refractivity contribution in [3.05, 3.63) is 29.8 Å². The zero-order chi connectivity index (χ0) is 19.6. The smallest absolute Gasteiger partial charge is 0.387 e. The minimum atomic E-state index is -2.99. The highest BCUT2D eigenvalue weighted by molar-refractivity contribution is 5.97. The highest BCUT2D eigenvalue weighted by Crippen LogP contribution is 2.22.